The van der Waals surface area contributed by atoms with Crippen LogP contribution in [0.15, 0.2) is 48.5 Å². The Hall–Kier alpha value is -3.06. The monoisotopic (exact) mass is 397 g/mol. The molecule has 0 bridgehead atoms. The SMILES string of the molecule is COc1cccc(NC(=O)C(=O)NCCCc2ccc(N3CCOCC3)cc2)c1. The number of carbonyl (C=O) groups excluding carboxylic acids is 2. The van der Waals surface area contributed by atoms with Crippen LogP contribution in [-0.2, 0) is 20.7 Å². The number of nitrogens with zero attached hydrogens (tertiary/aromatic N) is 1. The van der Waals surface area contributed by atoms with Crippen molar-refractivity contribution in [2.45, 2.75) is 12.8 Å². The molecular weight excluding hydrogens is 370 g/mol. The molecule has 154 valence electrons. The van der Waals surface area contributed by atoms with Gasteiger partial charge >= 0.3 is 11.8 Å². The van der Waals surface area contributed by atoms with Crippen molar-refractivity contribution >= 4 is 23.2 Å². The second-order valence-corrected chi connectivity index (χ2v) is 6.81. The van der Waals surface area contributed by atoms with Crippen LogP contribution < -0.4 is 20.3 Å². The maximum atomic E-state index is 12.0. The van der Waals surface area contributed by atoms with E-state index in [0.717, 1.165) is 39.1 Å². The van der Waals surface area contributed by atoms with Gasteiger partial charge in [-0.1, -0.05) is 18.2 Å². The molecule has 1 aliphatic rings. The predicted molar refractivity (Wildman–Crippen MR) is 112 cm³/mol. The number of rotatable bonds is 7. The molecule has 2 N–H and O–H groups in total. The lowest BCUT2D eigenvalue weighted by molar-refractivity contribution is -0.136. The van der Waals surface area contributed by atoms with Crippen molar-refractivity contribution in [1.82, 2.24) is 5.32 Å². The third-order valence-electron chi connectivity index (χ3n) is 4.77. The van der Waals surface area contributed by atoms with Gasteiger partial charge in [-0.15, -0.1) is 0 Å². The molecule has 0 unspecified atom stereocenters. The maximum absolute atomic E-state index is 12.0. The largest absolute Gasteiger partial charge is 0.497 e. The van der Waals surface area contributed by atoms with Gasteiger partial charge in [-0.3, -0.25) is 9.59 Å². The van der Waals surface area contributed by atoms with Crippen LogP contribution in [0.3, 0.4) is 0 Å². The van der Waals surface area contributed by atoms with Crippen LogP contribution in [0, 0.1) is 0 Å². The molecule has 3 rings (SSSR count). The summed E-state index contributed by atoms with van der Waals surface area (Å²) in [5, 5.41) is 5.23. The van der Waals surface area contributed by atoms with Crippen molar-refractivity contribution in [1.29, 1.82) is 0 Å². The van der Waals surface area contributed by atoms with Crippen molar-refractivity contribution in [3.05, 3.63) is 54.1 Å². The zero-order valence-electron chi connectivity index (χ0n) is 16.6. The highest BCUT2D eigenvalue weighted by atomic mass is 16.5. The molecule has 1 fully saturated rings. The van der Waals surface area contributed by atoms with Crippen LogP contribution in [0.25, 0.3) is 0 Å². The summed E-state index contributed by atoms with van der Waals surface area (Å²) in [6.07, 6.45) is 1.59. The van der Waals surface area contributed by atoms with E-state index in [1.54, 1.807) is 31.4 Å². The Bertz CT molecular complexity index is 817. The van der Waals surface area contributed by atoms with Gasteiger partial charge in [-0.05, 0) is 42.7 Å². The summed E-state index contributed by atoms with van der Waals surface area (Å²) in [5.74, 6) is -0.716. The number of hydrogen-bond acceptors (Lipinski definition) is 5. The molecule has 0 atom stereocenters. The van der Waals surface area contributed by atoms with Gasteiger partial charge in [-0.2, -0.15) is 0 Å². The smallest absolute Gasteiger partial charge is 0.313 e. The number of amides is 2. The number of benzene rings is 2. The molecule has 2 amide bonds. The van der Waals surface area contributed by atoms with E-state index < -0.39 is 11.8 Å². The summed E-state index contributed by atoms with van der Waals surface area (Å²) < 4.78 is 10.5. The van der Waals surface area contributed by atoms with Crippen molar-refractivity contribution in [2.75, 3.05) is 50.2 Å². The van der Waals surface area contributed by atoms with E-state index in [1.807, 2.05) is 0 Å². The van der Waals surface area contributed by atoms with E-state index in [9.17, 15) is 9.59 Å². The first-order chi connectivity index (χ1) is 14.2. The third kappa shape index (κ3) is 6.22. The second kappa shape index (κ2) is 10.5. The van der Waals surface area contributed by atoms with Gasteiger partial charge in [0.05, 0.1) is 20.3 Å². The molecular formula is C22H27N3O4. The highest BCUT2D eigenvalue weighted by Gasteiger charge is 2.13. The molecule has 1 heterocycles. The number of anilines is 2. The molecule has 7 heteroatoms. The Morgan fingerprint density at radius 2 is 1.83 bits per heavy atom. The van der Waals surface area contributed by atoms with Gasteiger partial charge in [0.1, 0.15) is 5.75 Å². The number of methoxy groups -OCH3 is 1. The van der Waals surface area contributed by atoms with Crippen LogP contribution in [0.1, 0.15) is 12.0 Å². The molecule has 0 aliphatic carbocycles. The lowest BCUT2D eigenvalue weighted by Crippen LogP contribution is -2.36. The first-order valence-corrected chi connectivity index (χ1v) is 9.80. The van der Waals surface area contributed by atoms with Crippen molar-refractivity contribution in [2.24, 2.45) is 0 Å². The molecule has 0 aromatic heterocycles. The minimum Gasteiger partial charge on any atom is -0.497 e. The average molecular weight is 397 g/mol. The van der Waals surface area contributed by atoms with E-state index in [2.05, 4.69) is 39.8 Å². The summed E-state index contributed by atoms with van der Waals surface area (Å²) in [4.78, 5) is 26.3. The zero-order valence-corrected chi connectivity index (χ0v) is 16.6. The Labute approximate surface area is 171 Å². The van der Waals surface area contributed by atoms with Crippen molar-refractivity contribution in [3.8, 4) is 5.75 Å². The highest BCUT2D eigenvalue weighted by Crippen LogP contribution is 2.18. The van der Waals surface area contributed by atoms with Gasteiger partial charge in [0.15, 0.2) is 0 Å². The van der Waals surface area contributed by atoms with Crippen molar-refractivity contribution < 1.29 is 19.1 Å². The molecule has 0 spiro atoms. The quantitative estimate of drug-likeness (QED) is 0.553. The summed E-state index contributed by atoms with van der Waals surface area (Å²) in [5.41, 5.74) is 2.93. The number of hydrogen-bond donors (Lipinski definition) is 2. The molecule has 0 radical (unpaired) electrons. The second-order valence-electron chi connectivity index (χ2n) is 6.81. The fraction of sp³-hybridized carbons (Fsp3) is 0.364. The Kier molecular flexibility index (Phi) is 7.47. The number of carbonyl (C=O) groups is 2. The standard InChI is InChI=1S/C22H27N3O4/c1-28-20-6-2-5-18(16-20)24-22(27)21(26)23-11-3-4-17-7-9-19(10-8-17)25-12-14-29-15-13-25/h2,5-10,16H,3-4,11-15H2,1H3,(H,23,26)(H,24,27). The lowest BCUT2D eigenvalue weighted by atomic mass is 10.1. The Morgan fingerprint density at radius 1 is 1.07 bits per heavy atom. The van der Waals surface area contributed by atoms with Gasteiger partial charge < -0.3 is 25.0 Å². The van der Waals surface area contributed by atoms with E-state index in [1.165, 1.54) is 11.3 Å². The van der Waals surface area contributed by atoms with Gasteiger partial charge in [0, 0.05) is 37.1 Å². The highest BCUT2D eigenvalue weighted by molar-refractivity contribution is 6.39. The molecule has 1 aliphatic heterocycles. The molecule has 0 saturated carbocycles. The minimum atomic E-state index is -0.687. The molecule has 2 aromatic rings. The molecule has 1 saturated heterocycles. The minimum absolute atomic E-state index is 0.440. The van der Waals surface area contributed by atoms with Crippen molar-refractivity contribution in [3.63, 3.8) is 0 Å². The van der Waals surface area contributed by atoms with Crippen LogP contribution >= 0.6 is 0 Å². The van der Waals surface area contributed by atoms with E-state index in [0.29, 0.717) is 18.0 Å². The van der Waals surface area contributed by atoms with Gasteiger partial charge in [0.2, 0.25) is 0 Å². The summed E-state index contributed by atoms with van der Waals surface area (Å²) in [6, 6.07) is 15.4. The molecule has 7 nitrogen and oxygen atoms in total. The lowest BCUT2D eigenvalue weighted by Gasteiger charge is -2.28. The van der Waals surface area contributed by atoms with E-state index in [4.69, 9.17) is 9.47 Å². The number of aryl methyl sites for hydroxylation is 1. The number of nitrogens with one attached hydrogen (secondary N) is 2. The van der Waals surface area contributed by atoms with Crippen LogP contribution in [0.2, 0.25) is 0 Å². The van der Waals surface area contributed by atoms with E-state index in [-0.39, 0.29) is 0 Å². The fourth-order valence-corrected chi connectivity index (χ4v) is 3.16. The number of morpholine rings is 1. The maximum Gasteiger partial charge on any atom is 0.313 e. The van der Waals surface area contributed by atoms with Gasteiger partial charge in [-0.25, -0.2) is 0 Å². The Morgan fingerprint density at radius 3 is 2.55 bits per heavy atom. The molecule has 2 aromatic carbocycles. The average Bonchev–Trinajstić information content (AvgIpc) is 2.77. The van der Waals surface area contributed by atoms with Gasteiger partial charge in [0.25, 0.3) is 0 Å². The fourth-order valence-electron chi connectivity index (χ4n) is 3.16. The zero-order chi connectivity index (χ0) is 20.5. The summed E-state index contributed by atoms with van der Waals surface area (Å²) >= 11 is 0. The summed E-state index contributed by atoms with van der Waals surface area (Å²) in [7, 11) is 1.55. The number of ether oxygens (including phenoxy) is 2. The molecule has 29 heavy (non-hydrogen) atoms. The van der Waals surface area contributed by atoms with Crippen LogP contribution in [0.4, 0.5) is 11.4 Å². The topological polar surface area (TPSA) is 79.9 Å². The predicted octanol–water partition coefficient (Wildman–Crippen LogP) is 2.22. The summed E-state index contributed by atoms with van der Waals surface area (Å²) in [6.45, 7) is 3.82. The Balaban J connectivity index is 1.38. The van der Waals surface area contributed by atoms with Crippen LogP contribution in [-0.4, -0.2) is 51.8 Å². The normalized spacial score (nSPS) is 13.6. The third-order valence-corrected chi connectivity index (χ3v) is 4.77. The first kappa shape index (κ1) is 20.7. The van der Waals surface area contributed by atoms with Crippen LogP contribution in [0.5, 0.6) is 5.75 Å². The van der Waals surface area contributed by atoms with E-state index >= 15 is 0 Å². The first-order valence-electron chi connectivity index (χ1n) is 9.80.